The van der Waals surface area contributed by atoms with Crippen LogP contribution in [0.4, 0.5) is 11.9 Å². The van der Waals surface area contributed by atoms with Crippen molar-refractivity contribution in [2.75, 3.05) is 30.3 Å². The van der Waals surface area contributed by atoms with Crippen molar-refractivity contribution in [2.24, 2.45) is 11.8 Å². The maximum absolute atomic E-state index is 5.40. The molecule has 2 N–H and O–H groups in total. The van der Waals surface area contributed by atoms with Gasteiger partial charge in [-0.1, -0.05) is 26.2 Å². The lowest BCUT2D eigenvalue weighted by atomic mass is 9.80. The Hall–Kier alpha value is -1.59. The second-order valence-corrected chi connectivity index (χ2v) is 5.63. The van der Waals surface area contributed by atoms with Crippen LogP contribution in [0.3, 0.4) is 0 Å². The lowest BCUT2D eigenvalue weighted by molar-refractivity contribution is 0.268. The molecule has 0 spiro atoms. The highest BCUT2D eigenvalue weighted by atomic mass is 16.5. The van der Waals surface area contributed by atoms with E-state index in [0.29, 0.717) is 30.4 Å². The Morgan fingerprint density at radius 3 is 2.43 bits per heavy atom. The maximum atomic E-state index is 5.40. The zero-order valence-electron chi connectivity index (χ0n) is 13.4. The maximum Gasteiger partial charge on any atom is 0.323 e. The van der Waals surface area contributed by atoms with E-state index in [1.807, 2.05) is 13.8 Å². The van der Waals surface area contributed by atoms with E-state index in [0.717, 1.165) is 19.0 Å². The van der Waals surface area contributed by atoms with Gasteiger partial charge in [0.15, 0.2) is 0 Å². The van der Waals surface area contributed by atoms with Gasteiger partial charge in [0.1, 0.15) is 0 Å². The summed E-state index contributed by atoms with van der Waals surface area (Å²) in [4.78, 5) is 12.9. The Kier molecular flexibility index (Phi) is 6.02. The van der Waals surface area contributed by atoms with Gasteiger partial charge in [-0.25, -0.2) is 0 Å². The average Bonchev–Trinajstić information content (AvgIpc) is 2.47. The topological polar surface area (TPSA) is 72.0 Å². The fraction of sp³-hybridized carbons (Fsp3) is 0.800. The first-order valence-corrected chi connectivity index (χ1v) is 8.09. The molecule has 0 bridgehead atoms. The molecular weight excluding hydrogens is 266 g/mol. The van der Waals surface area contributed by atoms with Crippen LogP contribution in [0.1, 0.15) is 46.5 Å². The van der Waals surface area contributed by atoms with Gasteiger partial charge in [-0.2, -0.15) is 15.0 Å². The second-order valence-electron chi connectivity index (χ2n) is 5.63. The molecule has 1 heterocycles. The molecule has 118 valence electrons. The number of hydrogen-bond donors (Lipinski definition) is 2. The molecule has 0 radical (unpaired) electrons. The molecule has 6 nitrogen and oxygen atoms in total. The third kappa shape index (κ3) is 4.72. The van der Waals surface area contributed by atoms with Gasteiger partial charge in [-0.3, -0.25) is 0 Å². The first-order valence-electron chi connectivity index (χ1n) is 8.09. The van der Waals surface area contributed by atoms with Crippen molar-refractivity contribution in [1.29, 1.82) is 0 Å². The largest absolute Gasteiger partial charge is 0.464 e. The Morgan fingerprint density at radius 2 is 1.76 bits per heavy atom. The van der Waals surface area contributed by atoms with Crippen molar-refractivity contribution in [3.05, 3.63) is 0 Å². The summed E-state index contributed by atoms with van der Waals surface area (Å²) in [6.07, 6.45) is 5.32. The van der Waals surface area contributed by atoms with Crippen LogP contribution in [0.5, 0.6) is 6.01 Å². The molecular formula is C15H27N5O. The minimum atomic E-state index is 0.377. The smallest absolute Gasteiger partial charge is 0.323 e. The molecule has 1 aromatic heterocycles. The summed E-state index contributed by atoms with van der Waals surface area (Å²) in [6, 6.07) is 0.377. The molecule has 0 saturated heterocycles. The lowest BCUT2D eigenvalue weighted by Gasteiger charge is -2.28. The summed E-state index contributed by atoms with van der Waals surface area (Å²) in [7, 11) is 0. The number of rotatable bonds is 7. The third-order valence-electron chi connectivity index (χ3n) is 4.03. The average molecular weight is 293 g/mol. The summed E-state index contributed by atoms with van der Waals surface area (Å²) < 4.78 is 5.40. The van der Waals surface area contributed by atoms with Gasteiger partial charge < -0.3 is 15.4 Å². The zero-order chi connectivity index (χ0) is 15.1. The molecule has 1 aromatic rings. The Labute approximate surface area is 127 Å². The lowest BCUT2D eigenvalue weighted by Crippen LogP contribution is -2.25. The Bertz CT molecular complexity index is 416. The molecule has 1 fully saturated rings. The van der Waals surface area contributed by atoms with E-state index in [1.165, 1.54) is 25.7 Å². The molecule has 0 aromatic carbocycles. The molecule has 1 aliphatic carbocycles. The minimum Gasteiger partial charge on any atom is -0.464 e. The molecule has 0 amide bonds. The number of ether oxygens (including phenoxy) is 1. The van der Waals surface area contributed by atoms with Gasteiger partial charge in [0.25, 0.3) is 0 Å². The van der Waals surface area contributed by atoms with Crippen LogP contribution in [0, 0.1) is 11.8 Å². The van der Waals surface area contributed by atoms with Crippen molar-refractivity contribution in [3.63, 3.8) is 0 Å². The zero-order valence-corrected chi connectivity index (χ0v) is 13.4. The number of nitrogens with zero attached hydrogens (tertiary/aromatic N) is 3. The second kappa shape index (κ2) is 8.00. The molecule has 21 heavy (non-hydrogen) atoms. The SMILES string of the molecule is CCNc1nc(NCC2CCCCC2C)nc(OCC)n1. The van der Waals surface area contributed by atoms with Crippen LogP contribution >= 0.6 is 0 Å². The van der Waals surface area contributed by atoms with Crippen LogP contribution < -0.4 is 15.4 Å². The number of hydrogen-bond acceptors (Lipinski definition) is 6. The van der Waals surface area contributed by atoms with E-state index in [2.05, 4.69) is 32.5 Å². The number of anilines is 2. The fourth-order valence-corrected chi connectivity index (χ4v) is 2.79. The van der Waals surface area contributed by atoms with E-state index in [-0.39, 0.29) is 0 Å². The van der Waals surface area contributed by atoms with Gasteiger partial charge in [0.05, 0.1) is 6.61 Å². The first-order chi connectivity index (χ1) is 10.2. The molecule has 2 unspecified atom stereocenters. The van der Waals surface area contributed by atoms with E-state index in [9.17, 15) is 0 Å². The summed E-state index contributed by atoms with van der Waals surface area (Å²) in [5.74, 6) is 2.64. The highest BCUT2D eigenvalue weighted by Crippen LogP contribution is 2.29. The van der Waals surface area contributed by atoms with Gasteiger partial charge >= 0.3 is 6.01 Å². The van der Waals surface area contributed by atoms with E-state index >= 15 is 0 Å². The van der Waals surface area contributed by atoms with Crippen LogP contribution in [-0.2, 0) is 0 Å². The van der Waals surface area contributed by atoms with Crippen molar-refractivity contribution in [2.45, 2.75) is 46.5 Å². The van der Waals surface area contributed by atoms with Gasteiger partial charge in [-0.05, 0) is 32.1 Å². The summed E-state index contributed by atoms with van der Waals surface area (Å²) in [5, 5.41) is 6.47. The predicted molar refractivity (Wildman–Crippen MR) is 84.8 cm³/mol. The summed E-state index contributed by atoms with van der Waals surface area (Å²) in [6.45, 7) is 8.52. The first kappa shape index (κ1) is 15.8. The van der Waals surface area contributed by atoms with Gasteiger partial charge in [-0.15, -0.1) is 0 Å². The normalized spacial score (nSPS) is 21.9. The molecule has 1 aliphatic rings. The summed E-state index contributed by atoms with van der Waals surface area (Å²) >= 11 is 0. The highest BCUT2D eigenvalue weighted by molar-refractivity contribution is 5.35. The standard InChI is InChI=1S/C15H27N5O/c1-4-16-13-18-14(20-15(19-13)21-5-2)17-10-12-9-7-6-8-11(12)3/h11-12H,4-10H2,1-3H3,(H2,16,17,18,19,20). The monoisotopic (exact) mass is 293 g/mol. The Morgan fingerprint density at radius 1 is 1.05 bits per heavy atom. The van der Waals surface area contributed by atoms with E-state index in [4.69, 9.17) is 4.74 Å². The minimum absolute atomic E-state index is 0.377. The molecule has 6 heteroatoms. The Balaban J connectivity index is 2.00. The molecule has 0 aliphatic heterocycles. The van der Waals surface area contributed by atoms with Crippen molar-refractivity contribution >= 4 is 11.9 Å². The predicted octanol–water partition coefficient (Wildman–Crippen LogP) is 2.94. The third-order valence-corrected chi connectivity index (χ3v) is 4.03. The number of aromatic nitrogens is 3. The fourth-order valence-electron chi connectivity index (χ4n) is 2.79. The van der Waals surface area contributed by atoms with Crippen LogP contribution in [0.15, 0.2) is 0 Å². The van der Waals surface area contributed by atoms with Crippen molar-refractivity contribution < 1.29 is 4.74 Å². The van der Waals surface area contributed by atoms with E-state index in [1.54, 1.807) is 0 Å². The van der Waals surface area contributed by atoms with Crippen LogP contribution in [-0.4, -0.2) is 34.6 Å². The molecule has 1 saturated carbocycles. The van der Waals surface area contributed by atoms with Crippen molar-refractivity contribution in [3.8, 4) is 6.01 Å². The van der Waals surface area contributed by atoms with Crippen LogP contribution in [0.25, 0.3) is 0 Å². The van der Waals surface area contributed by atoms with Crippen molar-refractivity contribution in [1.82, 2.24) is 15.0 Å². The number of nitrogens with one attached hydrogen (secondary N) is 2. The van der Waals surface area contributed by atoms with E-state index < -0.39 is 0 Å². The molecule has 2 rings (SSSR count). The van der Waals surface area contributed by atoms with Gasteiger partial charge in [0, 0.05) is 13.1 Å². The van der Waals surface area contributed by atoms with Crippen LogP contribution in [0.2, 0.25) is 0 Å². The highest BCUT2D eigenvalue weighted by Gasteiger charge is 2.21. The molecule has 2 atom stereocenters. The quantitative estimate of drug-likeness (QED) is 0.805. The van der Waals surface area contributed by atoms with Gasteiger partial charge in [0.2, 0.25) is 11.9 Å². The summed E-state index contributed by atoms with van der Waals surface area (Å²) in [5.41, 5.74) is 0.